The molecule has 0 unspecified atom stereocenters. The lowest BCUT2D eigenvalue weighted by Gasteiger charge is -2.19. The molecule has 0 aliphatic heterocycles. The molecule has 0 saturated carbocycles. The average molecular weight is 621 g/mol. The maximum atomic E-state index is 13.5. The Morgan fingerprint density at radius 3 is 1.84 bits per heavy atom. The van der Waals surface area contributed by atoms with Gasteiger partial charge in [0.05, 0.1) is 21.2 Å². The van der Waals surface area contributed by atoms with Crippen molar-refractivity contribution in [1.82, 2.24) is 10.8 Å². The van der Waals surface area contributed by atoms with Gasteiger partial charge in [0.15, 0.2) is 9.84 Å². The van der Waals surface area contributed by atoms with E-state index in [4.69, 9.17) is 35.0 Å². The van der Waals surface area contributed by atoms with Gasteiger partial charge in [-0.25, -0.2) is 27.7 Å². The third-order valence-corrected chi connectivity index (χ3v) is 6.64. The highest BCUT2D eigenvalue weighted by Crippen LogP contribution is 2.29. The van der Waals surface area contributed by atoms with E-state index >= 15 is 0 Å². The first-order valence-electron chi connectivity index (χ1n) is 12.2. The van der Waals surface area contributed by atoms with Crippen molar-refractivity contribution >= 4 is 33.1 Å². The van der Waals surface area contributed by atoms with Crippen molar-refractivity contribution in [2.75, 3.05) is 19.5 Å². The number of rotatable bonds is 14. The number of hydrogen-bond donors (Lipinski definition) is 4. The van der Waals surface area contributed by atoms with Crippen molar-refractivity contribution in [2.45, 2.75) is 17.8 Å². The molecule has 4 N–H and O–H groups in total. The standard InChI is InChI=1S/C27H28N2O13S/c1-43(36,37)22-14-12-20(13-15-22)23(17-39-27(31)40-18-24(41-28(32)33)42-29(34)35)25(21-10-6-3-7-11-21)26(30)38-16-19-8-4-2-5-9-19/h2-15,24,32-35H,16-18H2,1H3/b25-23+. The molecule has 43 heavy (non-hydrogen) atoms. The van der Waals surface area contributed by atoms with Gasteiger partial charge in [-0.2, -0.15) is 0 Å². The zero-order chi connectivity index (χ0) is 31.4. The third-order valence-electron chi connectivity index (χ3n) is 5.51. The molecule has 0 heterocycles. The Bertz CT molecular complexity index is 1470. The highest BCUT2D eigenvalue weighted by atomic mass is 32.2. The first-order valence-corrected chi connectivity index (χ1v) is 14.1. The van der Waals surface area contributed by atoms with Gasteiger partial charge in [-0.05, 0) is 28.8 Å². The fraction of sp³-hybridized carbons (Fsp3) is 0.185. The molecule has 0 aliphatic rings. The van der Waals surface area contributed by atoms with Gasteiger partial charge in [-0.3, -0.25) is 20.8 Å². The predicted molar refractivity (Wildman–Crippen MR) is 143 cm³/mol. The molecule has 0 aliphatic carbocycles. The number of nitrogens with zero attached hydrogens (tertiary/aromatic N) is 2. The summed E-state index contributed by atoms with van der Waals surface area (Å²) in [7, 11) is -3.55. The van der Waals surface area contributed by atoms with Crippen LogP contribution in [-0.2, 0) is 45.1 Å². The molecule has 0 saturated heterocycles. The Balaban J connectivity index is 1.95. The fourth-order valence-electron chi connectivity index (χ4n) is 3.62. The van der Waals surface area contributed by atoms with Gasteiger partial charge in [-0.15, -0.1) is 0 Å². The van der Waals surface area contributed by atoms with Gasteiger partial charge in [-0.1, -0.05) is 72.8 Å². The van der Waals surface area contributed by atoms with E-state index in [0.29, 0.717) is 11.1 Å². The lowest BCUT2D eigenvalue weighted by molar-refractivity contribution is -0.585. The number of sulfone groups is 1. The minimum Gasteiger partial charge on any atom is -0.457 e. The van der Waals surface area contributed by atoms with E-state index in [2.05, 4.69) is 9.68 Å². The second kappa shape index (κ2) is 15.8. The van der Waals surface area contributed by atoms with Crippen molar-refractivity contribution in [3.8, 4) is 0 Å². The van der Waals surface area contributed by atoms with Crippen molar-refractivity contribution < 1.29 is 62.7 Å². The lowest BCUT2D eigenvalue weighted by atomic mass is 9.95. The van der Waals surface area contributed by atoms with Crippen LogP contribution in [0.3, 0.4) is 0 Å². The molecule has 16 heteroatoms. The van der Waals surface area contributed by atoms with Crippen LogP contribution in [0.4, 0.5) is 4.79 Å². The summed E-state index contributed by atoms with van der Waals surface area (Å²) in [5.41, 5.74) is 1.56. The van der Waals surface area contributed by atoms with Crippen LogP contribution in [0, 0.1) is 0 Å². The zero-order valence-electron chi connectivity index (χ0n) is 22.5. The number of esters is 1. The molecule has 3 aromatic carbocycles. The predicted octanol–water partition coefficient (Wildman–Crippen LogP) is 3.25. The van der Waals surface area contributed by atoms with Crippen molar-refractivity contribution in [1.29, 1.82) is 0 Å². The largest absolute Gasteiger partial charge is 0.508 e. The summed E-state index contributed by atoms with van der Waals surface area (Å²) < 4.78 is 39.6. The zero-order valence-corrected chi connectivity index (χ0v) is 23.4. The van der Waals surface area contributed by atoms with Gasteiger partial charge in [0.1, 0.15) is 19.8 Å². The molecule has 0 spiro atoms. The summed E-state index contributed by atoms with van der Waals surface area (Å²) in [5.74, 6) is -0.770. The van der Waals surface area contributed by atoms with E-state index in [1.165, 1.54) is 24.3 Å². The SMILES string of the molecule is CS(=O)(=O)c1ccc(/C(COC(=O)OCC(ON(O)O)ON(O)O)=C(/C(=O)OCc2ccccc2)c2ccccc2)cc1. The molecular formula is C27H28N2O13S. The van der Waals surface area contributed by atoms with Crippen molar-refractivity contribution in [3.05, 3.63) is 102 Å². The van der Waals surface area contributed by atoms with Crippen LogP contribution < -0.4 is 0 Å². The van der Waals surface area contributed by atoms with Crippen molar-refractivity contribution in [2.24, 2.45) is 0 Å². The normalized spacial score (nSPS) is 12.3. The van der Waals surface area contributed by atoms with E-state index in [1.807, 2.05) is 6.07 Å². The van der Waals surface area contributed by atoms with Crippen LogP contribution >= 0.6 is 0 Å². The summed E-state index contributed by atoms with van der Waals surface area (Å²) >= 11 is 0. The van der Waals surface area contributed by atoms with E-state index < -0.39 is 52.2 Å². The molecule has 3 aromatic rings. The molecular weight excluding hydrogens is 592 g/mol. The van der Waals surface area contributed by atoms with Crippen molar-refractivity contribution in [3.63, 3.8) is 0 Å². The van der Waals surface area contributed by atoms with Crippen LogP contribution in [0.15, 0.2) is 89.8 Å². The smallest absolute Gasteiger partial charge is 0.457 e. The Labute approximate surface area is 245 Å². The summed E-state index contributed by atoms with van der Waals surface area (Å²) in [6.07, 6.45) is -2.27. The quantitative estimate of drug-likeness (QED) is 0.0672. The van der Waals surface area contributed by atoms with Crippen LogP contribution in [0.5, 0.6) is 0 Å². The molecule has 0 atom stereocenters. The number of carbonyl (C=O) groups excluding carboxylic acids is 2. The first kappa shape index (κ1) is 33.3. The Hall–Kier alpha value is -4.23. The van der Waals surface area contributed by atoms with Gasteiger partial charge >= 0.3 is 12.1 Å². The summed E-state index contributed by atoms with van der Waals surface area (Å²) in [6.45, 7) is -1.59. The molecule has 0 amide bonds. The third kappa shape index (κ3) is 10.8. The maximum Gasteiger partial charge on any atom is 0.508 e. The Morgan fingerprint density at radius 1 is 0.744 bits per heavy atom. The summed E-state index contributed by atoms with van der Waals surface area (Å²) in [5, 5.41) is 33.4. The Kier molecular flexibility index (Phi) is 12.3. The van der Waals surface area contributed by atoms with Gasteiger partial charge in [0.25, 0.3) is 0 Å². The maximum absolute atomic E-state index is 13.5. The number of carbonyl (C=O) groups is 2. The molecule has 3 rings (SSSR count). The number of hydrogen-bond acceptors (Lipinski definition) is 15. The van der Waals surface area contributed by atoms with E-state index in [9.17, 15) is 18.0 Å². The molecule has 15 nitrogen and oxygen atoms in total. The molecule has 0 aromatic heterocycles. The first-order chi connectivity index (χ1) is 20.4. The number of benzene rings is 3. The van der Waals surface area contributed by atoms with E-state index in [1.54, 1.807) is 54.6 Å². The van der Waals surface area contributed by atoms with Gasteiger partial charge in [0, 0.05) is 11.8 Å². The van der Waals surface area contributed by atoms with Crippen LogP contribution in [-0.4, -0.2) is 77.9 Å². The highest BCUT2D eigenvalue weighted by Gasteiger charge is 2.24. The van der Waals surface area contributed by atoms with Crippen LogP contribution in [0.2, 0.25) is 0 Å². The molecule has 0 fully saturated rings. The fourth-order valence-corrected chi connectivity index (χ4v) is 4.25. The minimum atomic E-state index is -3.55. The summed E-state index contributed by atoms with van der Waals surface area (Å²) in [6, 6.07) is 22.8. The molecule has 0 radical (unpaired) electrons. The second-order valence-electron chi connectivity index (χ2n) is 8.57. The molecule has 0 bridgehead atoms. The monoisotopic (exact) mass is 620 g/mol. The van der Waals surface area contributed by atoms with Crippen LogP contribution in [0.1, 0.15) is 16.7 Å². The average Bonchev–Trinajstić information content (AvgIpc) is 2.97. The minimum absolute atomic E-state index is 0.00776. The Morgan fingerprint density at radius 2 is 1.30 bits per heavy atom. The van der Waals surface area contributed by atoms with E-state index in [-0.39, 0.29) is 22.6 Å². The van der Waals surface area contributed by atoms with E-state index in [0.717, 1.165) is 11.8 Å². The second-order valence-corrected chi connectivity index (χ2v) is 10.6. The van der Waals surface area contributed by atoms with Gasteiger partial charge < -0.3 is 14.2 Å². The van der Waals surface area contributed by atoms with Crippen LogP contribution in [0.25, 0.3) is 11.1 Å². The van der Waals surface area contributed by atoms with Gasteiger partial charge in [0.2, 0.25) is 6.29 Å². The lowest BCUT2D eigenvalue weighted by Crippen LogP contribution is -2.35. The molecule has 230 valence electrons. The highest BCUT2D eigenvalue weighted by molar-refractivity contribution is 7.90. The number of ether oxygens (including phenoxy) is 3. The summed E-state index contributed by atoms with van der Waals surface area (Å²) in [4.78, 5) is 34.5. The topological polar surface area (TPSA) is 202 Å².